The van der Waals surface area contributed by atoms with Gasteiger partial charge in [0.25, 0.3) is 0 Å². The molecule has 0 saturated carbocycles. The smallest absolute Gasteiger partial charge is 0.168 e. The molecule has 3 rings (SSSR count). The molecule has 0 aliphatic carbocycles. The van der Waals surface area contributed by atoms with Gasteiger partial charge in [-0.3, -0.25) is 0 Å². The summed E-state index contributed by atoms with van der Waals surface area (Å²) >= 11 is 4.89. The Labute approximate surface area is 139 Å². The van der Waals surface area contributed by atoms with Gasteiger partial charge in [-0.2, -0.15) is 4.80 Å². The van der Waals surface area contributed by atoms with Gasteiger partial charge in [-0.25, -0.2) is 0 Å². The normalized spacial score (nSPS) is 10.7. The molecule has 3 N–H and O–H groups in total. The Morgan fingerprint density at radius 2 is 1.87 bits per heavy atom. The first-order chi connectivity index (χ1) is 11.1. The first kappa shape index (κ1) is 15.2. The van der Waals surface area contributed by atoms with Crippen molar-refractivity contribution in [3.05, 3.63) is 42.0 Å². The van der Waals surface area contributed by atoms with Crippen LogP contribution in [0.25, 0.3) is 16.7 Å². The lowest BCUT2D eigenvalue weighted by Crippen LogP contribution is -2.19. The zero-order valence-electron chi connectivity index (χ0n) is 12.9. The van der Waals surface area contributed by atoms with Gasteiger partial charge in [-0.1, -0.05) is 0 Å². The second kappa shape index (κ2) is 6.21. The number of hydrogen-bond acceptors (Lipinski definition) is 4. The molecule has 6 nitrogen and oxygen atoms in total. The number of nitrogens with two attached hydrogens (primary N) is 1. The maximum atomic E-state index is 5.54. The quantitative estimate of drug-likeness (QED) is 0.718. The minimum absolute atomic E-state index is 0.228. The predicted molar refractivity (Wildman–Crippen MR) is 95.2 cm³/mol. The van der Waals surface area contributed by atoms with Crippen molar-refractivity contribution < 1.29 is 4.74 Å². The Bertz CT molecular complexity index is 857. The molecule has 0 unspecified atom stereocenters. The van der Waals surface area contributed by atoms with Crippen molar-refractivity contribution in [3.8, 4) is 11.4 Å². The number of thiocarbonyl (C=S) groups is 1. The van der Waals surface area contributed by atoms with Crippen LogP contribution in [0.4, 0.5) is 5.69 Å². The Balaban J connectivity index is 1.97. The Morgan fingerprint density at radius 3 is 2.48 bits per heavy atom. The van der Waals surface area contributed by atoms with Gasteiger partial charge < -0.3 is 15.8 Å². The van der Waals surface area contributed by atoms with Crippen molar-refractivity contribution >= 4 is 34.1 Å². The summed E-state index contributed by atoms with van der Waals surface area (Å²) in [5.41, 5.74) is 9.82. The number of aryl methyl sites for hydroxylation is 1. The van der Waals surface area contributed by atoms with Gasteiger partial charge in [0.2, 0.25) is 0 Å². The molecule has 0 bridgehead atoms. The monoisotopic (exact) mass is 327 g/mol. The maximum Gasteiger partial charge on any atom is 0.168 e. The summed E-state index contributed by atoms with van der Waals surface area (Å²) in [6.07, 6.45) is 0. The lowest BCUT2D eigenvalue weighted by Gasteiger charge is -2.06. The molecule has 2 aromatic carbocycles. The number of hydrogen-bond donors (Lipinski definition) is 2. The van der Waals surface area contributed by atoms with Gasteiger partial charge in [-0.05, 0) is 68.0 Å². The molecule has 118 valence electrons. The highest BCUT2D eigenvalue weighted by molar-refractivity contribution is 7.80. The van der Waals surface area contributed by atoms with Crippen LogP contribution in [-0.2, 0) is 0 Å². The van der Waals surface area contributed by atoms with E-state index >= 15 is 0 Å². The number of nitrogens with one attached hydrogen (secondary N) is 1. The van der Waals surface area contributed by atoms with Crippen molar-refractivity contribution in [1.82, 2.24) is 15.0 Å². The fourth-order valence-corrected chi connectivity index (χ4v) is 2.40. The van der Waals surface area contributed by atoms with E-state index in [-0.39, 0.29) is 5.11 Å². The second-order valence-electron chi connectivity index (χ2n) is 5.06. The molecule has 1 aromatic heterocycles. The van der Waals surface area contributed by atoms with E-state index in [0.29, 0.717) is 6.61 Å². The number of ether oxygens (including phenoxy) is 1. The molecule has 23 heavy (non-hydrogen) atoms. The van der Waals surface area contributed by atoms with Crippen LogP contribution in [0.5, 0.6) is 5.75 Å². The minimum Gasteiger partial charge on any atom is -0.494 e. The summed E-state index contributed by atoms with van der Waals surface area (Å²) in [7, 11) is 0. The molecule has 7 heteroatoms. The third kappa shape index (κ3) is 3.24. The van der Waals surface area contributed by atoms with Gasteiger partial charge >= 0.3 is 0 Å². The van der Waals surface area contributed by atoms with Crippen molar-refractivity contribution in [3.63, 3.8) is 0 Å². The number of fused-ring (bicyclic) bond motifs is 1. The third-order valence-electron chi connectivity index (χ3n) is 3.36. The molecule has 0 fully saturated rings. The molecular formula is C16H17N5OS. The van der Waals surface area contributed by atoms with Crippen molar-refractivity contribution in [2.45, 2.75) is 13.8 Å². The molecule has 0 saturated heterocycles. The van der Waals surface area contributed by atoms with Gasteiger partial charge in [0.05, 0.1) is 12.3 Å². The highest BCUT2D eigenvalue weighted by atomic mass is 32.1. The summed E-state index contributed by atoms with van der Waals surface area (Å²) in [5, 5.41) is 12.2. The Morgan fingerprint density at radius 1 is 1.22 bits per heavy atom. The third-order valence-corrected chi connectivity index (χ3v) is 3.47. The molecule has 3 aromatic rings. The van der Waals surface area contributed by atoms with Gasteiger partial charge in [0.15, 0.2) is 5.11 Å². The van der Waals surface area contributed by atoms with Crippen LogP contribution in [0.2, 0.25) is 0 Å². The van der Waals surface area contributed by atoms with Crippen LogP contribution in [0, 0.1) is 6.92 Å². The molecule has 0 aliphatic rings. The highest BCUT2D eigenvalue weighted by Crippen LogP contribution is 2.22. The number of benzene rings is 2. The fraction of sp³-hybridized carbons (Fsp3) is 0.188. The number of nitrogens with zero attached hydrogens (tertiary/aromatic N) is 3. The summed E-state index contributed by atoms with van der Waals surface area (Å²) < 4.78 is 5.44. The summed E-state index contributed by atoms with van der Waals surface area (Å²) in [4.78, 5) is 1.60. The molecule has 0 spiro atoms. The first-order valence-corrected chi connectivity index (χ1v) is 7.65. The van der Waals surface area contributed by atoms with Gasteiger partial charge in [0.1, 0.15) is 16.8 Å². The van der Waals surface area contributed by atoms with Crippen molar-refractivity contribution in [2.75, 3.05) is 11.9 Å². The maximum absolute atomic E-state index is 5.54. The highest BCUT2D eigenvalue weighted by Gasteiger charge is 2.09. The molecule has 0 atom stereocenters. The number of aromatic nitrogens is 3. The molecule has 0 amide bonds. The van der Waals surface area contributed by atoms with Crippen LogP contribution in [0.3, 0.4) is 0 Å². The van der Waals surface area contributed by atoms with Crippen molar-refractivity contribution in [2.24, 2.45) is 5.73 Å². The van der Waals surface area contributed by atoms with E-state index in [2.05, 4.69) is 15.5 Å². The van der Waals surface area contributed by atoms with E-state index in [1.807, 2.05) is 50.2 Å². The first-order valence-electron chi connectivity index (χ1n) is 7.24. The molecular weight excluding hydrogens is 310 g/mol. The van der Waals surface area contributed by atoms with E-state index in [9.17, 15) is 0 Å². The topological polar surface area (TPSA) is 78.0 Å². The molecule has 1 heterocycles. The van der Waals surface area contributed by atoms with Crippen LogP contribution in [0.1, 0.15) is 12.5 Å². The van der Waals surface area contributed by atoms with E-state index < -0.39 is 0 Å². The minimum atomic E-state index is 0.228. The standard InChI is InChI=1S/C16H17N5OS/c1-3-22-12-6-4-11(5-7-12)21-19-14-8-10(2)13(18-16(17)23)9-15(14)20-21/h4-9H,3H2,1-2H3,(H3,17,18,23). The van der Waals surface area contributed by atoms with Crippen LogP contribution in [0.15, 0.2) is 36.4 Å². The average molecular weight is 327 g/mol. The largest absolute Gasteiger partial charge is 0.494 e. The predicted octanol–water partition coefficient (Wildman–Crippen LogP) is 2.78. The summed E-state index contributed by atoms with van der Waals surface area (Å²) in [5.74, 6) is 0.826. The zero-order valence-corrected chi connectivity index (χ0v) is 13.7. The molecule has 0 radical (unpaired) electrons. The second-order valence-corrected chi connectivity index (χ2v) is 5.50. The Kier molecular flexibility index (Phi) is 4.12. The van der Waals surface area contributed by atoms with E-state index in [1.54, 1.807) is 4.80 Å². The number of rotatable bonds is 4. The van der Waals surface area contributed by atoms with E-state index in [0.717, 1.165) is 33.7 Å². The van der Waals surface area contributed by atoms with Gasteiger partial charge in [-0.15, -0.1) is 10.2 Å². The van der Waals surface area contributed by atoms with Gasteiger partial charge in [0, 0.05) is 5.69 Å². The van der Waals surface area contributed by atoms with Crippen LogP contribution < -0.4 is 15.8 Å². The lowest BCUT2D eigenvalue weighted by molar-refractivity contribution is 0.340. The van der Waals surface area contributed by atoms with Crippen LogP contribution >= 0.6 is 12.2 Å². The number of anilines is 1. The SMILES string of the molecule is CCOc1ccc(-n2nc3cc(C)c(NC(N)=S)cc3n2)cc1. The lowest BCUT2D eigenvalue weighted by atomic mass is 10.2. The fourth-order valence-electron chi connectivity index (χ4n) is 2.29. The van der Waals surface area contributed by atoms with E-state index in [1.165, 1.54) is 0 Å². The summed E-state index contributed by atoms with van der Waals surface area (Å²) in [6, 6.07) is 11.5. The van der Waals surface area contributed by atoms with Crippen molar-refractivity contribution in [1.29, 1.82) is 0 Å². The molecule has 0 aliphatic heterocycles. The van der Waals surface area contributed by atoms with Crippen LogP contribution in [-0.4, -0.2) is 26.7 Å². The average Bonchev–Trinajstić information content (AvgIpc) is 2.91. The zero-order chi connectivity index (χ0) is 16.4. The Hall–Kier alpha value is -2.67. The summed E-state index contributed by atoms with van der Waals surface area (Å²) in [6.45, 7) is 4.56. The van der Waals surface area contributed by atoms with E-state index in [4.69, 9.17) is 22.7 Å².